The minimum atomic E-state index is -1.95. The van der Waals surface area contributed by atoms with Crippen LogP contribution in [0.4, 0.5) is 0 Å². The molecule has 428 valence electrons. The summed E-state index contributed by atoms with van der Waals surface area (Å²) in [6, 6.07) is 0. The predicted octanol–water partition coefficient (Wildman–Crippen LogP) is 16.3. The topological polar surface area (TPSA) is 158 Å². The van der Waals surface area contributed by atoms with Crippen molar-refractivity contribution in [3.8, 4) is 0 Å². The van der Waals surface area contributed by atoms with Gasteiger partial charge in [-0.15, -0.1) is 0 Å². The highest BCUT2D eigenvalue weighted by Gasteiger charge is 2.50. The van der Waals surface area contributed by atoms with Crippen molar-refractivity contribution in [2.45, 2.75) is 335 Å². The van der Waals surface area contributed by atoms with Crippen molar-refractivity contribution in [3.63, 3.8) is 0 Å². The Hall–Kier alpha value is -3.02. The Morgan fingerprint density at radius 2 is 0.548 bits per heavy atom. The molecule has 0 radical (unpaired) electrons. The van der Waals surface area contributed by atoms with E-state index in [0.29, 0.717) is 38.5 Å². The van der Waals surface area contributed by atoms with Crippen molar-refractivity contribution in [2.75, 3.05) is 20.3 Å². The molecule has 12 heteroatoms. The Morgan fingerprint density at radius 1 is 0.288 bits per heavy atom. The first-order valence-electron chi connectivity index (χ1n) is 30.6. The molecule has 0 heterocycles. The average Bonchev–Trinajstić information content (AvgIpc) is 3.38. The van der Waals surface area contributed by atoms with Gasteiger partial charge in [-0.1, -0.05) is 247 Å². The number of Topliss-reactive ketones (excluding diaryl/α,β-unsaturated/α-hetero) is 1. The van der Waals surface area contributed by atoms with Gasteiger partial charge in [-0.25, -0.2) is 4.79 Å². The molecule has 0 fully saturated rings. The second-order valence-electron chi connectivity index (χ2n) is 20.8. The largest absolute Gasteiger partial charge is 0.460 e. The van der Waals surface area contributed by atoms with E-state index in [1.165, 1.54) is 110 Å². The lowest BCUT2D eigenvalue weighted by Crippen LogP contribution is -2.56. The summed E-state index contributed by atoms with van der Waals surface area (Å²) in [7, 11) is 1.45. The van der Waals surface area contributed by atoms with Gasteiger partial charge in [0.05, 0.1) is 6.61 Å². The fraction of sp³-hybridized carbons (Fsp3) is 0.902. The van der Waals surface area contributed by atoms with Gasteiger partial charge in [-0.3, -0.25) is 24.0 Å². The molecule has 0 saturated heterocycles. The van der Waals surface area contributed by atoms with Crippen LogP contribution in [0.3, 0.4) is 0 Å². The highest BCUT2D eigenvalue weighted by molar-refractivity contribution is 5.87. The quantitative estimate of drug-likeness (QED) is 0.0323. The van der Waals surface area contributed by atoms with Gasteiger partial charge in [0, 0.05) is 39.2 Å². The highest BCUT2D eigenvalue weighted by Crippen LogP contribution is 2.26. The summed E-state index contributed by atoms with van der Waals surface area (Å²) in [5, 5.41) is 0. The minimum absolute atomic E-state index is 0.0188. The smallest absolute Gasteiger partial charge is 0.351 e. The number of unbranched alkanes of at least 4 members (excludes halogenated alkanes) is 33. The fourth-order valence-electron chi connectivity index (χ4n) is 9.11. The molecule has 0 unspecified atom stereocenters. The maximum atomic E-state index is 14.4. The monoisotopic (exact) mass is 1040 g/mol. The second-order valence-corrected chi connectivity index (χ2v) is 20.8. The number of carbonyl (C=O) groups is 6. The van der Waals surface area contributed by atoms with Crippen molar-refractivity contribution in [1.29, 1.82) is 0 Å². The van der Waals surface area contributed by atoms with Crippen molar-refractivity contribution in [2.24, 2.45) is 0 Å². The number of carbonyl (C=O) groups excluding carboxylic acids is 6. The van der Waals surface area contributed by atoms with Crippen molar-refractivity contribution >= 4 is 35.6 Å². The molecule has 0 spiro atoms. The summed E-state index contributed by atoms with van der Waals surface area (Å²) in [5.74, 6) is -4.43. The van der Waals surface area contributed by atoms with Crippen LogP contribution in [0.1, 0.15) is 311 Å². The molecule has 0 saturated carbocycles. The van der Waals surface area contributed by atoms with Gasteiger partial charge < -0.3 is 28.4 Å². The summed E-state index contributed by atoms with van der Waals surface area (Å²) in [5.41, 5.74) is 0. The highest BCUT2D eigenvalue weighted by atomic mass is 16.6. The van der Waals surface area contributed by atoms with E-state index >= 15 is 0 Å². The van der Waals surface area contributed by atoms with Gasteiger partial charge in [-0.05, 0) is 32.1 Å². The van der Waals surface area contributed by atoms with Crippen LogP contribution in [0.25, 0.3) is 0 Å². The summed E-state index contributed by atoms with van der Waals surface area (Å²) < 4.78 is 35.2. The van der Waals surface area contributed by atoms with E-state index in [2.05, 4.69) is 27.7 Å². The SMILES string of the molecule is CCCCCCCCCCCC(=O)O[C@H]([C@H](OC(=O)CCCCCCCCCCC)[C@H](OC(=O)CCCCCCCCCCC)C(=O)OCCOC)[C@@H](OC(=O)CCCCCCCCCCC)C(=O)CCCC. The molecule has 0 aromatic rings. The zero-order chi connectivity index (χ0) is 53.8. The molecule has 0 rings (SSSR count). The maximum Gasteiger partial charge on any atom is 0.351 e. The minimum Gasteiger partial charge on any atom is -0.460 e. The number of ether oxygens (including phenoxy) is 6. The molecule has 0 aliphatic carbocycles. The lowest BCUT2D eigenvalue weighted by molar-refractivity contribution is -0.207. The number of methoxy groups -OCH3 is 1. The summed E-state index contributed by atoms with van der Waals surface area (Å²) >= 11 is 0. The Morgan fingerprint density at radius 3 is 0.849 bits per heavy atom. The first kappa shape index (κ1) is 70.0. The number of rotatable bonds is 55. The van der Waals surface area contributed by atoms with Crippen LogP contribution < -0.4 is 0 Å². The molecule has 0 N–H and O–H groups in total. The van der Waals surface area contributed by atoms with E-state index < -0.39 is 60.0 Å². The standard InChI is InChI=1S/C61H112O12/c1-7-12-17-21-25-29-33-37-41-46-53(63)70-57(52(62)45-16-11-5)58(71-54(64)47-42-38-34-30-26-22-18-13-8-2)59(72-55(65)48-43-39-35-31-27-23-19-14-9-3)60(61(67)69-51-50-68-6)73-56(66)49-44-40-36-32-28-24-20-15-10-4/h57-60H,7-51H2,1-6H3/t57-,58-,59-,60-/m0/s1. The van der Waals surface area contributed by atoms with Crippen LogP contribution in [-0.4, -0.2) is 80.4 Å². The van der Waals surface area contributed by atoms with E-state index in [-0.39, 0.29) is 45.3 Å². The first-order valence-corrected chi connectivity index (χ1v) is 30.6. The van der Waals surface area contributed by atoms with E-state index in [9.17, 15) is 28.8 Å². The molecule has 12 nitrogen and oxygen atoms in total. The number of ketones is 1. The third-order valence-electron chi connectivity index (χ3n) is 13.8. The molecular formula is C61H112O12. The van der Waals surface area contributed by atoms with Gasteiger partial charge in [0.2, 0.25) is 12.2 Å². The number of esters is 5. The van der Waals surface area contributed by atoms with Crippen molar-refractivity contribution in [1.82, 2.24) is 0 Å². The molecule has 0 aromatic heterocycles. The zero-order valence-electron chi connectivity index (χ0n) is 48.0. The van der Waals surface area contributed by atoms with Crippen molar-refractivity contribution in [3.05, 3.63) is 0 Å². The lowest BCUT2D eigenvalue weighted by Gasteiger charge is -2.35. The molecule has 0 bridgehead atoms. The Balaban J connectivity index is 6.97. The average molecular weight is 1040 g/mol. The van der Waals surface area contributed by atoms with Crippen LogP contribution in [-0.2, 0) is 57.2 Å². The Kier molecular flexibility index (Phi) is 50.3. The predicted molar refractivity (Wildman–Crippen MR) is 294 cm³/mol. The van der Waals surface area contributed by atoms with E-state index in [0.717, 1.165) is 103 Å². The molecule has 73 heavy (non-hydrogen) atoms. The van der Waals surface area contributed by atoms with Crippen molar-refractivity contribution < 1.29 is 57.2 Å². The van der Waals surface area contributed by atoms with Crippen LogP contribution in [0, 0.1) is 0 Å². The summed E-state index contributed by atoms with van der Waals surface area (Å²) in [4.78, 5) is 84.5. The lowest BCUT2D eigenvalue weighted by atomic mass is 9.96. The zero-order valence-corrected chi connectivity index (χ0v) is 48.0. The van der Waals surface area contributed by atoms with Gasteiger partial charge in [-0.2, -0.15) is 0 Å². The van der Waals surface area contributed by atoms with Crippen LogP contribution in [0.5, 0.6) is 0 Å². The van der Waals surface area contributed by atoms with Gasteiger partial charge >= 0.3 is 29.8 Å². The van der Waals surface area contributed by atoms with Crippen LogP contribution >= 0.6 is 0 Å². The maximum absolute atomic E-state index is 14.4. The molecular weight excluding hydrogens is 925 g/mol. The fourth-order valence-corrected chi connectivity index (χ4v) is 9.11. The second kappa shape index (κ2) is 52.4. The first-order chi connectivity index (χ1) is 35.6. The normalized spacial score (nSPS) is 13.0. The molecule has 0 aliphatic heterocycles. The third-order valence-corrected chi connectivity index (χ3v) is 13.8. The number of hydrogen-bond acceptors (Lipinski definition) is 12. The summed E-state index contributed by atoms with van der Waals surface area (Å²) in [6.45, 7) is 10.5. The van der Waals surface area contributed by atoms with E-state index in [1.54, 1.807) is 0 Å². The van der Waals surface area contributed by atoms with E-state index in [4.69, 9.17) is 28.4 Å². The molecule has 0 aromatic carbocycles. The molecule has 0 aliphatic rings. The van der Waals surface area contributed by atoms with Gasteiger partial charge in [0.1, 0.15) is 6.61 Å². The molecule has 4 atom stereocenters. The van der Waals surface area contributed by atoms with Gasteiger partial charge in [0.25, 0.3) is 0 Å². The third kappa shape index (κ3) is 41.9. The number of hydrogen-bond donors (Lipinski definition) is 0. The van der Waals surface area contributed by atoms with E-state index in [1.807, 2.05) is 6.92 Å². The molecule has 0 amide bonds. The Bertz CT molecular complexity index is 1340. The Labute approximate surface area is 446 Å². The van der Waals surface area contributed by atoms with Crippen LogP contribution in [0.2, 0.25) is 0 Å². The summed E-state index contributed by atoms with van der Waals surface area (Å²) in [6.07, 6.45) is 30.6. The van der Waals surface area contributed by atoms with Crippen LogP contribution in [0.15, 0.2) is 0 Å². The van der Waals surface area contributed by atoms with Gasteiger partial charge in [0.15, 0.2) is 18.0 Å².